The lowest BCUT2D eigenvalue weighted by atomic mass is 10.2. The number of nitrogen functional groups attached to an aromatic ring is 1. The molecule has 6 nitrogen and oxygen atoms in total. The van der Waals surface area contributed by atoms with Gasteiger partial charge in [-0.3, -0.25) is 9.89 Å². The van der Waals surface area contributed by atoms with E-state index in [-0.39, 0.29) is 5.91 Å². The lowest BCUT2D eigenvalue weighted by molar-refractivity contribution is 0.102. The number of nitrogens with two attached hydrogens (primary N) is 1. The van der Waals surface area contributed by atoms with Gasteiger partial charge in [0.15, 0.2) is 0 Å². The van der Waals surface area contributed by atoms with E-state index in [2.05, 4.69) is 20.5 Å². The molecule has 4 N–H and O–H groups in total. The number of carbonyl (C=O) groups excluding carboxylic acids is 1. The Balaban J connectivity index is 2.14. The summed E-state index contributed by atoms with van der Waals surface area (Å²) in [7, 11) is 0. The number of hydrogen-bond acceptors (Lipinski definition) is 4. The molecule has 0 fully saturated rings. The van der Waals surface area contributed by atoms with Crippen molar-refractivity contribution in [1.29, 1.82) is 0 Å². The first-order chi connectivity index (χ1) is 7.66. The summed E-state index contributed by atoms with van der Waals surface area (Å²) in [4.78, 5) is 15.7. The normalized spacial score (nSPS) is 10.1. The number of pyridine rings is 1. The van der Waals surface area contributed by atoms with Crippen molar-refractivity contribution in [2.45, 2.75) is 6.92 Å². The molecule has 2 heterocycles. The number of hydrogen-bond donors (Lipinski definition) is 3. The molecule has 0 aliphatic rings. The fourth-order valence-corrected chi connectivity index (χ4v) is 1.24. The van der Waals surface area contributed by atoms with Gasteiger partial charge in [-0.2, -0.15) is 5.10 Å². The Kier molecular flexibility index (Phi) is 2.55. The Labute approximate surface area is 91.9 Å². The largest absolute Gasteiger partial charge is 0.397 e. The van der Waals surface area contributed by atoms with Gasteiger partial charge in [0, 0.05) is 5.69 Å². The monoisotopic (exact) mass is 217 g/mol. The third-order valence-electron chi connectivity index (χ3n) is 2.10. The second-order valence-electron chi connectivity index (χ2n) is 3.34. The van der Waals surface area contributed by atoms with E-state index in [0.29, 0.717) is 22.8 Å². The molecule has 2 rings (SSSR count). The van der Waals surface area contributed by atoms with Crippen LogP contribution in [-0.4, -0.2) is 21.1 Å². The van der Waals surface area contributed by atoms with Gasteiger partial charge in [-0.15, -0.1) is 0 Å². The number of carbonyl (C=O) groups is 1. The van der Waals surface area contributed by atoms with Crippen molar-refractivity contribution in [3.63, 3.8) is 0 Å². The van der Waals surface area contributed by atoms with Gasteiger partial charge in [0.2, 0.25) is 0 Å². The summed E-state index contributed by atoms with van der Waals surface area (Å²) < 4.78 is 0. The second-order valence-corrected chi connectivity index (χ2v) is 3.34. The smallest absolute Gasteiger partial charge is 0.260 e. The zero-order valence-corrected chi connectivity index (χ0v) is 8.69. The fraction of sp³-hybridized carbons (Fsp3) is 0.100. The Morgan fingerprint density at radius 3 is 2.81 bits per heavy atom. The van der Waals surface area contributed by atoms with Crippen LogP contribution < -0.4 is 11.1 Å². The van der Waals surface area contributed by atoms with E-state index in [4.69, 9.17) is 5.73 Å². The van der Waals surface area contributed by atoms with Gasteiger partial charge < -0.3 is 11.1 Å². The first kappa shape index (κ1) is 10.2. The fourth-order valence-electron chi connectivity index (χ4n) is 1.24. The Hall–Kier alpha value is -2.37. The summed E-state index contributed by atoms with van der Waals surface area (Å²) in [6.07, 6.45) is 2.96. The van der Waals surface area contributed by atoms with Crippen LogP contribution in [0.4, 0.5) is 11.5 Å². The highest BCUT2D eigenvalue weighted by Crippen LogP contribution is 2.09. The summed E-state index contributed by atoms with van der Waals surface area (Å²) in [6, 6.07) is 3.31. The van der Waals surface area contributed by atoms with Crippen molar-refractivity contribution in [2.75, 3.05) is 11.1 Å². The van der Waals surface area contributed by atoms with Gasteiger partial charge >= 0.3 is 0 Å². The second kappa shape index (κ2) is 4.01. The third kappa shape index (κ3) is 2.00. The number of aromatic nitrogens is 3. The van der Waals surface area contributed by atoms with Crippen molar-refractivity contribution in [2.24, 2.45) is 0 Å². The number of aromatic amines is 1. The molecule has 0 bridgehead atoms. The molecule has 0 aliphatic heterocycles. The Morgan fingerprint density at radius 2 is 2.25 bits per heavy atom. The third-order valence-corrected chi connectivity index (χ3v) is 2.10. The maximum Gasteiger partial charge on any atom is 0.260 e. The highest BCUT2D eigenvalue weighted by Gasteiger charge is 2.10. The minimum Gasteiger partial charge on any atom is -0.397 e. The molecule has 6 heteroatoms. The minimum atomic E-state index is -0.247. The van der Waals surface area contributed by atoms with Crippen LogP contribution in [0.1, 0.15) is 16.1 Å². The molecule has 0 atom stereocenters. The quantitative estimate of drug-likeness (QED) is 0.697. The average molecular weight is 217 g/mol. The number of H-pyrrole nitrogens is 1. The van der Waals surface area contributed by atoms with Crippen LogP contribution in [0, 0.1) is 6.92 Å². The van der Waals surface area contributed by atoms with Crippen LogP contribution >= 0.6 is 0 Å². The lowest BCUT2D eigenvalue weighted by Gasteiger charge is -2.03. The highest BCUT2D eigenvalue weighted by molar-refractivity contribution is 6.04. The maximum atomic E-state index is 11.7. The van der Waals surface area contributed by atoms with Gasteiger partial charge in [0.25, 0.3) is 5.91 Å². The molecule has 0 saturated heterocycles. The standard InChI is InChI=1S/C10H11N5O/c1-6-8(5-13-15-6)10(16)14-9-3-2-7(11)4-12-9/h2-5H,11H2,1H3,(H,13,15)(H,12,14,16). The molecule has 0 aromatic carbocycles. The van der Waals surface area contributed by atoms with Crippen LogP contribution in [0.15, 0.2) is 24.5 Å². The van der Waals surface area contributed by atoms with E-state index < -0.39 is 0 Å². The van der Waals surface area contributed by atoms with Crippen molar-refractivity contribution in [3.8, 4) is 0 Å². The maximum absolute atomic E-state index is 11.7. The van der Waals surface area contributed by atoms with Crippen LogP contribution in [0.25, 0.3) is 0 Å². The summed E-state index contributed by atoms with van der Waals surface area (Å²) >= 11 is 0. The predicted octanol–water partition coefficient (Wildman–Crippen LogP) is 0.948. The van der Waals surface area contributed by atoms with E-state index in [1.54, 1.807) is 19.1 Å². The topological polar surface area (TPSA) is 96.7 Å². The van der Waals surface area contributed by atoms with Crippen LogP contribution in [0.2, 0.25) is 0 Å². The first-order valence-corrected chi connectivity index (χ1v) is 4.69. The average Bonchev–Trinajstić information content (AvgIpc) is 2.68. The van der Waals surface area contributed by atoms with Crippen LogP contribution in [0.3, 0.4) is 0 Å². The molecular formula is C10H11N5O. The predicted molar refractivity (Wildman–Crippen MR) is 59.9 cm³/mol. The molecule has 0 aliphatic carbocycles. The van der Waals surface area contributed by atoms with E-state index >= 15 is 0 Å². The van der Waals surface area contributed by atoms with Gasteiger partial charge in [-0.05, 0) is 19.1 Å². The van der Waals surface area contributed by atoms with Gasteiger partial charge in [0.1, 0.15) is 5.82 Å². The van der Waals surface area contributed by atoms with Crippen molar-refractivity contribution < 1.29 is 4.79 Å². The highest BCUT2D eigenvalue weighted by atomic mass is 16.1. The molecule has 0 unspecified atom stereocenters. The molecule has 0 radical (unpaired) electrons. The summed E-state index contributed by atoms with van der Waals surface area (Å²) in [5.41, 5.74) is 7.25. The van der Waals surface area contributed by atoms with Gasteiger partial charge in [0.05, 0.1) is 23.6 Å². The molecular weight excluding hydrogens is 206 g/mol. The number of amides is 1. The minimum absolute atomic E-state index is 0.247. The number of anilines is 2. The molecule has 16 heavy (non-hydrogen) atoms. The van der Waals surface area contributed by atoms with Crippen molar-refractivity contribution >= 4 is 17.4 Å². The van der Waals surface area contributed by atoms with Gasteiger partial charge in [-0.25, -0.2) is 4.98 Å². The van der Waals surface area contributed by atoms with Crippen LogP contribution in [0.5, 0.6) is 0 Å². The van der Waals surface area contributed by atoms with Gasteiger partial charge in [-0.1, -0.05) is 0 Å². The lowest BCUT2D eigenvalue weighted by Crippen LogP contribution is -2.13. The molecule has 0 saturated carbocycles. The molecule has 1 amide bonds. The van der Waals surface area contributed by atoms with Crippen molar-refractivity contribution in [1.82, 2.24) is 15.2 Å². The number of aryl methyl sites for hydroxylation is 1. The summed E-state index contributed by atoms with van der Waals surface area (Å²) in [5.74, 6) is 0.211. The van der Waals surface area contributed by atoms with E-state index in [1.165, 1.54) is 12.4 Å². The number of nitrogens with one attached hydrogen (secondary N) is 2. The summed E-state index contributed by atoms with van der Waals surface area (Å²) in [5, 5.41) is 9.11. The first-order valence-electron chi connectivity index (χ1n) is 4.69. The molecule has 2 aromatic heterocycles. The molecule has 82 valence electrons. The van der Waals surface area contributed by atoms with E-state index in [9.17, 15) is 4.79 Å². The molecule has 0 spiro atoms. The zero-order chi connectivity index (χ0) is 11.5. The van der Waals surface area contributed by atoms with E-state index in [1.807, 2.05) is 0 Å². The Bertz CT molecular complexity index is 502. The SMILES string of the molecule is Cc1[nH]ncc1C(=O)Nc1ccc(N)cn1. The number of rotatable bonds is 2. The Morgan fingerprint density at radius 1 is 1.44 bits per heavy atom. The zero-order valence-electron chi connectivity index (χ0n) is 8.69. The number of nitrogens with zero attached hydrogens (tertiary/aromatic N) is 2. The van der Waals surface area contributed by atoms with E-state index in [0.717, 1.165) is 0 Å². The summed E-state index contributed by atoms with van der Waals surface area (Å²) in [6.45, 7) is 1.78. The van der Waals surface area contributed by atoms with Crippen LogP contribution in [-0.2, 0) is 0 Å². The van der Waals surface area contributed by atoms with Crippen molar-refractivity contribution in [3.05, 3.63) is 35.8 Å². The molecule has 2 aromatic rings.